The van der Waals surface area contributed by atoms with Gasteiger partial charge in [0.1, 0.15) is 0 Å². The molecule has 0 aliphatic heterocycles. The third kappa shape index (κ3) is 4.74. The molecule has 0 atom stereocenters. The molecule has 0 heterocycles. The maximum atomic E-state index is 3.49. The van der Waals surface area contributed by atoms with Gasteiger partial charge in [0.15, 0.2) is 0 Å². The monoisotopic (exact) mass is 447 g/mol. The van der Waals surface area contributed by atoms with Crippen LogP contribution in [-0.4, -0.2) is 18.1 Å². The fourth-order valence-corrected chi connectivity index (χ4v) is 26.0. The van der Waals surface area contributed by atoms with E-state index < -0.39 is 7.74 Å². The third-order valence-electron chi connectivity index (χ3n) is 5.18. The molecular weight excluding hydrogens is 410 g/mol. The summed E-state index contributed by atoms with van der Waals surface area (Å²) < 4.78 is 1.53. The van der Waals surface area contributed by atoms with Crippen LogP contribution in [0.1, 0.15) is 69.2 Å². The van der Waals surface area contributed by atoms with Gasteiger partial charge in [0.2, 0.25) is 0 Å². The molecule has 0 aromatic heterocycles. The molecule has 5 heteroatoms. The van der Waals surface area contributed by atoms with E-state index in [-0.39, 0.29) is 37.7 Å². The normalized spacial score (nSPS) is 18.7. The van der Waals surface area contributed by atoms with Gasteiger partial charge in [-0.1, -0.05) is 0 Å². The summed E-state index contributed by atoms with van der Waals surface area (Å²) in [6, 6.07) is 0. The Bertz CT molecular complexity index is 521. The van der Waals surface area contributed by atoms with Crippen molar-refractivity contribution >= 4 is 40.0 Å². The van der Waals surface area contributed by atoms with E-state index in [1.807, 2.05) is 0 Å². The molecule has 143 valence electrons. The summed E-state index contributed by atoms with van der Waals surface area (Å²) in [4.78, 5) is 0. The Hall–Kier alpha value is 1.24. The van der Waals surface area contributed by atoms with E-state index in [1.54, 1.807) is 16.3 Å². The van der Waals surface area contributed by atoms with Gasteiger partial charge in [0, 0.05) is 0 Å². The van der Waals surface area contributed by atoms with Gasteiger partial charge in [-0.15, -0.1) is 24.8 Å². The fourth-order valence-electron chi connectivity index (χ4n) is 4.84. The minimum Gasteiger partial charge on any atom is -0.147 e. The summed E-state index contributed by atoms with van der Waals surface area (Å²) in [5.41, 5.74) is 3.34. The minimum atomic E-state index is -1.57. The van der Waals surface area contributed by atoms with Crippen LogP contribution in [0.15, 0.2) is 20.8 Å². The summed E-state index contributed by atoms with van der Waals surface area (Å²) in [7, 11) is -1.66. The van der Waals surface area contributed by atoms with Gasteiger partial charge in [-0.25, -0.2) is 0 Å². The number of allylic oxidation sites excluding steroid dienone is 4. The van der Waals surface area contributed by atoms with Crippen LogP contribution < -0.4 is 0 Å². The fraction of sp³-hybridized carbons (Fsp3) is 0.789. The first-order valence-electron chi connectivity index (χ1n) is 8.37. The van der Waals surface area contributed by atoms with E-state index in [9.17, 15) is 0 Å². The molecule has 0 saturated carbocycles. The van der Waals surface area contributed by atoms with Crippen LogP contribution in [0.25, 0.3) is 0 Å². The molecule has 0 fully saturated rings. The molecule has 0 radical (unpaired) electrons. The van der Waals surface area contributed by atoms with Crippen LogP contribution in [0, 0.1) is 5.41 Å². The smallest absolute Gasteiger partial charge is 0.147 e. The van der Waals surface area contributed by atoms with Gasteiger partial charge in [0.25, 0.3) is 0 Å². The number of hydrogen-bond donors (Lipinski definition) is 0. The molecule has 1 rings (SSSR count). The van der Waals surface area contributed by atoms with Crippen molar-refractivity contribution in [2.45, 2.75) is 92.6 Å². The third-order valence-corrected chi connectivity index (χ3v) is 20.3. The Morgan fingerprint density at radius 1 is 0.875 bits per heavy atom. The van der Waals surface area contributed by atoms with Crippen LogP contribution >= 0.6 is 32.3 Å². The summed E-state index contributed by atoms with van der Waals surface area (Å²) in [6.45, 7) is 29.5. The van der Waals surface area contributed by atoms with Crippen molar-refractivity contribution in [3.05, 3.63) is 20.8 Å². The molecule has 1 aliphatic carbocycles. The maximum absolute atomic E-state index is 3.49. The SMILES string of the molecule is CC1=C(C)C(C)(C)[C]([Cr])=C1[Si](C)(C)P(C(C)(C)C)C(C)(C)C.Cl.Cl. The standard InChI is InChI=1S/C19H36PSi.2ClH.Cr/c1-14-15(2)19(9,10)13-16(14)21(11,12)20(17(3,4)5)18(6,7)8;;;/h1-12H3;2*1H;. The molecule has 0 nitrogen and oxygen atoms in total. The zero-order chi connectivity index (χ0) is 17.9. The predicted molar refractivity (Wildman–Crippen MR) is 118 cm³/mol. The topological polar surface area (TPSA) is 0 Å². The molecule has 0 aromatic carbocycles. The van der Waals surface area contributed by atoms with Crippen molar-refractivity contribution < 1.29 is 16.3 Å². The summed E-state index contributed by atoms with van der Waals surface area (Å²) in [6.07, 6.45) is 0. The van der Waals surface area contributed by atoms with Gasteiger partial charge < -0.3 is 0 Å². The zero-order valence-electron chi connectivity index (χ0n) is 17.7. The van der Waals surface area contributed by atoms with Crippen molar-refractivity contribution in [1.29, 1.82) is 0 Å². The Morgan fingerprint density at radius 2 is 1.21 bits per heavy atom. The second kappa shape index (κ2) is 8.08. The summed E-state index contributed by atoms with van der Waals surface area (Å²) >= 11 is 3.49. The van der Waals surface area contributed by atoms with E-state index in [0.717, 1.165) is 0 Å². The minimum absolute atomic E-state index is 0. The quantitative estimate of drug-likeness (QED) is 0.298. The van der Waals surface area contributed by atoms with Crippen molar-refractivity contribution in [3.63, 3.8) is 0 Å². The average Bonchev–Trinajstić information content (AvgIpc) is 2.35. The van der Waals surface area contributed by atoms with Crippen molar-refractivity contribution in [3.8, 4) is 0 Å². The van der Waals surface area contributed by atoms with Gasteiger partial charge in [-0.05, 0) is 0 Å². The second-order valence-electron chi connectivity index (χ2n) is 9.82. The first-order chi connectivity index (χ1) is 9.46. The van der Waals surface area contributed by atoms with Crippen LogP contribution in [-0.2, 0) is 16.3 Å². The molecule has 0 aromatic rings. The Labute approximate surface area is 174 Å². The maximum Gasteiger partial charge on any atom is -0.147 e. The van der Waals surface area contributed by atoms with Crippen molar-refractivity contribution in [2.24, 2.45) is 5.41 Å². The molecular formula is C19H38Cl2CrPSi. The average molecular weight is 448 g/mol. The summed E-state index contributed by atoms with van der Waals surface area (Å²) in [5, 5.41) is 2.50. The molecule has 0 saturated heterocycles. The molecule has 0 bridgehead atoms. The van der Waals surface area contributed by atoms with E-state index >= 15 is 0 Å². The number of rotatable bonds is 2. The van der Waals surface area contributed by atoms with Gasteiger partial charge in [-0.3, -0.25) is 0 Å². The number of halogens is 2. The Balaban J connectivity index is 0. The van der Waals surface area contributed by atoms with E-state index in [1.165, 1.54) is 4.44 Å². The zero-order valence-corrected chi connectivity index (χ0v) is 22.5. The van der Waals surface area contributed by atoms with Gasteiger partial charge in [0.05, 0.1) is 0 Å². The first kappa shape index (κ1) is 27.5. The molecule has 0 unspecified atom stereocenters. The largest absolute Gasteiger partial charge is 0.147 e. The Kier molecular flexibility index (Phi) is 9.25. The van der Waals surface area contributed by atoms with Gasteiger partial charge in [-0.2, -0.15) is 0 Å². The number of hydrogen-bond acceptors (Lipinski definition) is 0. The molecule has 0 N–H and O–H groups in total. The van der Waals surface area contributed by atoms with Crippen LogP contribution in [0.3, 0.4) is 0 Å². The molecule has 1 aliphatic rings. The van der Waals surface area contributed by atoms with Crippen molar-refractivity contribution in [2.75, 3.05) is 0 Å². The molecule has 0 amide bonds. The molecule has 24 heavy (non-hydrogen) atoms. The van der Waals surface area contributed by atoms with Gasteiger partial charge >= 0.3 is 150 Å². The summed E-state index contributed by atoms with van der Waals surface area (Å²) in [5.74, 6) is 0. The van der Waals surface area contributed by atoms with Crippen LogP contribution in [0.2, 0.25) is 13.1 Å². The van der Waals surface area contributed by atoms with E-state index in [4.69, 9.17) is 0 Å². The predicted octanol–water partition coefficient (Wildman–Crippen LogP) is 7.83. The van der Waals surface area contributed by atoms with E-state index in [0.29, 0.717) is 10.3 Å². The Morgan fingerprint density at radius 3 is 1.42 bits per heavy atom. The van der Waals surface area contributed by atoms with Crippen molar-refractivity contribution in [1.82, 2.24) is 0 Å². The van der Waals surface area contributed by atoms with Crippen LogP contribution in [0.4, 0.5) is 0 Å². The molecule has 0 spiro atoms. The first-order valence-corrected chi connectivity index (χ1v) is 14.2. The van der Waals surface area contributed by atoms with Crippen LogP contribution in [0.5, 0.6) is 0 Å². The second-order valence-corrected chi connectivity index (χ2v) is 22.1. The van der Waals surface area contributed by atoms with E-state index in [2.05, 4.69) is 98.6 Å².